The maximum Gasteiger partial charge on any atom is 0.357 e. The zero-order valence-corrected chi connectivity index (χ0v) is 12.4. The second kappa shape index (κ2) is 5.66. The van der Waals surface area contributed by atoms with Crippen molar-refractivity contribution in [2.24, 2.45) is 0 Å². The van der Waals surface area contributed by atoms with Gasteiger partial charge in [0.1, 0.15) is 4.90 Å². The normalized spacial score (nSPS) is 11.5. The maximum absolute atomic E-state index is 12.3. The van der Waals surface area contributed by atoms with Crippen LogP contribution in [0, 0.1) is 13.8 Å². The number of carboxylic acid groups (broad SMARTS) is 1. The molecule has 1 aromatic heterocycles. The fourth-order valence-corrected chi connectivity index (χ4v) is 3.27. The topological polar surface area (TPSA) is 112 Å². The fraction of sp³-hybridized carbons (Fsp3) is 0.231. The number of aromatic amines is 1. The van der Waals surface area contributed by atoms with Crippen LogP contribution >= 0.6 is 0 Å². The van der Waals surface area contributed by atoms with Crippen LogP contribution in [-0.4, -0.2) is 29.7 Å². The fourth-order valence-electron chi connectivity index (χ4n) is 1.95. The maximum atomic E-state index is 12.3. The van der Waals surface area contributed by atoms with Crippen LogP contribution in [0.25, 0.3) is 0 Å². The molecule has 7 nitrogen and oxygen atoms in total. The molecule has 0 aliphatic heterocycles. The van der Waals surface area contributed by atoms with Crippen LogP contribution in [0.4, 0.5) is 0 Å². The summed E-state index contributed by atoms with van der Waals surface area (Å²) in [5.74, 6) is -1.39. The molecule has 1 heterocycles. The summed E-state index contributed by atoms with van der Waals surface area (Å²) in [6.07, 6.45) is 0. The first-order valence-electron chi connectivity index (χ1n) is 6.15. The SMILES string of the molecule is Cc1ccccc1CNS(=O)(=O)c1c(C(=O)O)n[nH]c1C. The highest BCUT2D eigenvalue weighted by Crippen LogP contribution is 2.18. The second-order valence-corrected chi connectivity index (χ2v) is 6.29. The Bertz CT molecular complexity index is 780. The Balaban J connectivity index is 2.30. The van der Waals surface area contributed by atoms with Gasteiger partial charge in [0.2, 0.25) is 10.0 Å². The summed E-state index contributed by atoms with van der Waals surface area (Å²) in [6, 6.07) is 7.34. The Morgan fingerprint density at radius 2 is 2.00 bits per heavy atom. The highest BCUT2D eigenvalue weighted by Gasteiger charge is 2.27. The van der Waals surface area contributed by atoms with Crippen LogP contribution in [0.1, 0.15) is 27.3 Å². The summed E-state index contributed by atoms with van der Waals surface area (Å²) in [5.41, 5.74) is 1.44. The molecule has 0 saturated heterocycles. The summed E-state index contributed by atoms with van der Waals surface area (Å²) < 4.78 is 27.0. The van der Waals surface area contributed by atoms with Gasteiger partial charge < -0.3 is 5.11 Å². The molecule has 0 aliphatic carbocycles. The van der Waals surface area contributed by atoms with Crippen LogP contribution in [0.5, 0.6) is 0 Å². The second-order valence-electron chi connectivity index (χ2n) is 4.58. The van der Waals surface area contributed by atoms with Crippen molar-refractivity contribution in [2.45, 2.75) is 25.3 Å². The number of hydrogen-bond acceptors (Lipinski definition) is 4. The van der Waals surface area contributed by atoms with Gasteiger partial charge >= 0.3 is 5.97 Å². The number of nitrogens with one attached hydrogen (secondary N) is 2. The Morgan fingerprint density at radius 1 is 1.33 bits per heavy atom. The number of aryl methyl sites for hydroxylation is 2. The first-order chi connectivity index (χ1) is 9.83. The molecule has 3 N–H and O–H groups in total. The average molecular weight is 309 g/mol. The van der Waals surface area contributed by atoms with E-state index in [0.717, 1.165) is 11.1 Å². The number of carbonyl (C=O) groups is 1. The van der Waals surface area contributed by atoms with Gasteiger partial charge in [0.05, 0.1) is 5.69 Å². The van der Waals surface area contributed by atoms with Gasteiger partial charge in [-0.2, -0.15) is 5.10 Å². The molecule has 0 saturated carbocycles. The molecule has 0 radical (unpaired) electrons. The summed E-state index contributed by atoms with van der Waals surface area (Å²) in [7, 11) is -3.96. The van der Waals surface area contributed by atoms with Crippen molar-refractivity contribution >= 4 is 16.0 Å². The minimum atomic E-state index is -3.96. The number of carboxylic acids is 1. The summed E-state index contributed by atoms with van der Waals surface area (Å²) >= 11 is 0. The molecule has 0 aliphatic rings. The van der Waals surface area contributed by atoms with Crippen molar-refractivity contribution in [1.29, 1.82) is 0 Å². The number of sulfonamides is 1. The van der Waals surface area contributed by atoms with E-state index >= 15 is 0 Å². The summed E-state index contributed by atoms with van der Waals surface area (Å²) in [5, 5.41) is 14.9. The Morgan fingerprint density at radius 3 is 2.62 bits per heavy atom. The lowest BCUT2D eigenvalue weighted by atomic mass is 10.1. The standard InChI is InChI=1S/C13H15N3O4S/c1-8-5-3-4-6-10(8)7-14-21(19,20)12-9(2)15-16-11(12)13(17)18/h3-6,14H,7H2,1-2H3,(H,15,16)(H,17,18). The molecule has 0 bridgehead atoms. The smallest absolute Gasteiger partial charge is 0.357 e. The number of H-pyrrole nitrogens is 1. The van der Waals surface area contributed by atoms with E-state index in [4.69, 9.17) is 5.11 Å². The molecule has 0 unspecified atom stereocenters. The van der Waals surface area contributed by atoms with Gasteiger partial charge in [-0.3, -0.25) is 5.10 Å². The van der Waals surface area contributed by atoms with Crippen LogP contribution in [0.3, 0.4) is 0 Å². The van der Waals surface area contributed by atoms with Crippen molar-refractivity contribution in [2.75, 3.05) is 0 Å². The number of aromatic carboxylic acids is 1. The minimum Gasteiger partial charge on any atom is -0.476 e. The third-order valence-corrected chi connectivity index (χ3v) is 4.64. The Kier molecular flexibility index (Phi) is 4.10. The molecule has 0 atom stereocenters. The van der Waals surface area contributed by atoms with Crippen molar-refractivity contribution in [3.05, 3.63) is 46.8 Å². The van der Waals surface area contributed by atoms with E-state index in [1.54, 1.807) is 6.07 Å². The lowest BCUT2D eigenvalue weighted by Crippen LogP contribution is -2.25. The van der Waals surface area contributed by atoms with Crippen LogP contribution in [-0.2, 0) is 16.6 Å². The van der Waals surface area contributed by atoms with Crippen LogP contribution in [0.15, 0.2) is 29.2 Å². The van der Waals surface area contributed by atoms with E-state index in [1.807, 2.05) is 25.1 Å². The van der Waals surface area contributed by atoms with E-state index in [9.17, 15) is 13.2 Å². The van der Waals surface area contributed by atoms with Gasteiger partial charge in [-0.25, -0.2) is 17.9 Å². The molecule has 112 valence electrons. The molecule has 2 aromatic rings. The van der Waals surface area contributed by atoms with Crippen molar-refractivity contribution in [3.63, 3.8) is 0 Å². The zero-order chi connectivity index (χ0) is 15.6. The Hall–Kier alpha value is -2.19. The number of nitrogens with zero attached hydrogens (tertiary/aromatic N) is 1. The molecule has 8 heteroatoms. The number of benzene rings is 1. The van der Waals surface area contributed by atoms with Crippen molar-refractivity contribution in [1.82, 2.24) is 14.9 Å². The molecule has 0 spiro atoms. The van der Waals surface area contributed by atoms with Crippen molar-refractivity contribution in [3.8, 4) is 0 Å². The molecular formula is C13H15N3O4S. The Labute approximate surface area is 122 Å². The quantitative estimate of drug-likeness (QED) is 0.768. The third kappa shape index (κ3) is 3.11. The number of rotatable bonds is 5. The number of hydrogen-bond donors (Lipinski definition) is 3. The predicted octanol–water partition coefficient (Wildman–Crippen LogP) is 1.20. The zero-order valence-electron chi connectivity index (χ0n) is 11.5. The first-order valence-corrected chi connectivity index (χ1v) is 7.63. The summed E-state index contributed by atoms with van der Waals surface area (Å²) in [6.45, 7) is 3.41. The van der Waals surface area contributed by atoms with E-state index < -0.39 is 21.7 Å². The van der Waals surface area contributed by atoms with E-state index in [-0.39, 0.29) is 17.1 Å². The predicted molar refractivity (Wildman–Crippen MR) is 75.5 cm³/mol. The molecule has 2 rings (SSSR count). The lowest BCUT2D eigenvalue weighted by Gasteiger charge is -2.09. The molecule has 1 aromatic carbocycles. The minimum absolute atomic E-state index is 0.0820. The average Bonchev–Trinajstić information content (AvgIpc) is 2.81. The summed E-state index contributed by atoms with van der Waals surface area (Å²) in [4.78, 5) is 10.7. The van der Waals surface area contributed by atoms with Gasteiger partial charge in [0.25, 0.3) is 0 Å². The molecule has 21 heavy (non-hydrogen) atoms. The molecule has 0 fully saturated rings. The molecule has 0 amide bonds. The first kappa shape index (κ1) is 15.2. The highest BCUT2D eigenvalue weighted by molar-refractivity contribution is 7.89. The van der Waals surface area contributed by atoms with Gasteiger partial charge in [-0.05, 0) is 25.0 Å². The number of aromatic nitrogens is 2. The van der Waals surface area contributed by atoms with E-state index in [0.29, 0.717) is 0 Å². The van der Waals surface area contributed by atoms with Crippen molar-refractivity contribution < 1.29 is 18.3 Å². The van der Waals surface area contributed by atoms with E-state index in [2.05, 4.69) is 14.9 Å². The largest absolute Gasteiger partial charge is 0.476 e. The van der Waals surface area contributed by atoms with Crippen LogP contribution < -0.4 is 4.72 Å². The highest BCUT2D eigenvalue weighted by atomic mass is 32.2. The van der Waals surface area contributed by atoms with E-state index in [1.165, 1.54) is 6.92 Å². The lowest BCUT2D eigenvalue weighted by molar-refractivity contribution is 0.0686. The monoisotopic (exact) mass is 309 g/mol. The van der Waals surface area contributed by atoms with Gasteiger partial charge in [0, 0.05) is 6.54 Å². The van der Waals surface area contributed by atoms with Gasteiger partial charge in [-0.1, -0.05) is 24.3 Å². The van der Waals surface area contributed by atoms with Crippen LogP contribution in [0.2, 0.25) is 0 Å². The third-order valence-electron chi connectivity index (χ3n) is 3.08. The van der Waals surface area contributed by atoms with Gasteiger partial charge in [-0.15, -0.1) is 0 Å². The molecular weight excluding hydrogens is 294 g/mol. The van der Waals surface area contributed by atoms with Gasteiger partial charge in [0.15, 0.2) is 5.69 Å².